The monoisotopic (exact) mass is 431 g/mol. The second-order valence-corrected chi connectivity index (χ2v) is 9.23. The molecule has 0 unspecified atom stereocenters. The number of aromatic nitrogens is 2. The molecule has 32 heavy (non-hydrogen) atoms. The van der Waals surface area contributed by atoms with Crippen molar-refractivity contribution in [1.82, 2.24) is 14.9 Å². The molecule has 3 aliphatic rings. The second-order valence-electron chi connectivity index (χ2n) is 9.23. The Balaban J connectivity index is 1.41. The highest BCUT2D eigenvalue weighted by Crippen LogP contribution is 2.45. The fourth-order valence-electron chi connectivity index (χ4n) is 4.73. The molecule has 5 rings (SSSR count). The molecule has 0 N–H and O–H groups in total. The zero-order valence-electron chi connectivity index (χ0n) is 18.8. The van der Waals surface area contributed by atoms with E-state index in [1.165, 1.54) is 0 Å². The largest absolute Gasteiger partial charge is 0.377 e. The Morgan fingerprint density at radius 3 is 2.72 bits per heavy atom. The van der Waals surface area contributed by atoms with Crippen molar-refractivity contribution in [2.75, 3.05) is 31.1 Å². The molecule has 1 aliphatic carbocycles. The first-order valence-corrected chi connectivity index (χ1v) is 11.6. The van der Waals surface area contributed by atoms with Crippen molar-refractivity contribution in [2.45, 2.75) is 57.6 Å². The van der Waals surface area contributed by atoms with Crippen LogP contribution in [0, 0.1) is 18.3 Å². The van der Waals surface area contributed by atoms with Gasteiger partial charge in [0.2, 0.25) is 5.91 Å². The number of aryl methyl sites for hydroxylation is 1. The number of hydrogen-bond acceptors (Lipinski definition) is 6. The van der Waals surface area contributed by atoms with Gasteiger partial charge in [0.15, 0.2) is 0 Å². The van der Waals surface area contributed by atoms with Crippen LogP contribution in [0.15, 0.2) is 24.4 Å². The highest BCUT2D eigenvalue weighted by Gasteiger charge is 2.34. The topological polar surface area (TPSA) is 82.4 Å². The van der Waals surface area contributed by atoms with Gasteiger partial charge in [-0.25, -0.2) is 4.98 Å². The van der Waals surface area contributed by atoms with Gasteiger partial charge in [-0.3, -0.25) is 9.78 Å². The Labute approximate surface area is 189 Å². The van der Waals surface area contributed by atoms with E-state index in [0.717, 1.165) is 54.2 Å². The fraction of sp³-hybridized carbons (Fsp3) is 0.520. The molecule has 2 aromatic rings. The van der Waals surface area contributed by atoms with Crippen LogP contribution < -0.4 is 4.90 Å². The van der Waals surface area contributed by atoms with Crippen molar-refractivity contribution in [3.63, 3.8) is 0 Å². The molecule has 1 saturated carbocycles. The Morgan fingerprint density at radius 2 is 2.09 bits per heavy atom. The van der Waals surface area contributed by atoms with Crippen molar-refractivity contribution < 1.29 is 9.53 Å². The lowest BCUT2D eigenvalue weighted by atomic mass is 9.99. The van der Waals surface area contributed by atoms with E-state index in [1.54, 1.807) is 0 Å². The van der Waals surface area contributed by atoms with Gasteiger partial charge in [-0.15, -0.1) is 0 Å². The van der Waals surface area contributed by atoms with Crippen LogP contribution in [-0.2, 0) is 9.53 Å². The molecule has 2 aliphatic heterocycles. The number of hydrogen-bond donors (Lipinski definition) is 0. The lowest BCUT2D eigenvalue weighted by Crippen LogP contribution is -2.55. The third-order valence-electron chi connectivity index (χ3n) is 6.77. The Kier molecular flexibility index (Phi) is 5.56. The normalized spacial score (nSPS) is 22.9. The number of amides is 1. The van der Waals surface area contributed by atoms with Crippen molar-refractivity contribution in [1.29, 1.82) is 5.26 Å². The highest BCUT2D eigenvalue weighted by atomic mass is 16.5. The minimum absolute atomic E-state index is 0.0663. The maximum absolute atomic E-state index is 12.7. The number of ether oxygens (including phenoxy) is 1. The molecular weight excluding hydrogens is 402 g/mol. The summed E-state index contributed by atoms with van der Waals surface area (Å²) in [4.78, 5) is 26.2. The molecule has 2 atom stereocenters. The summed E-state index contributed by atoms with van der Waals surface area (Å²) in [5.41, 5.74) is 4.73. The molecule has 0 radical (unpaired) electrons. The molecule has 7 heteroatoms. The Morgan fingerprint density at radius 1 is 1.28 bits per heavy atom. The van der Waals surface area contributed by atoms with Gasteiger partial charge in [-0.05, 0) is 56.9 Å². The van der Waals surface area contributed by atoms with E-state index in [4.69, 9.17) is 9.72 Å². The average molecular weight is 432 g/mol. The minimum atomic E-state index is 0.0663. The number of carbonyl (C=O) groups is 1. The predicted octanol–water partition coefficient (Wildman–Crippen LogP) is 3.42. The summed E-state index contributed by atoms with van der Waals surface area (Å²) in [5.74, 6) is 1.37. The number of carbonyl (C=O) groups excluding carboxylic acids is 1. The van der Waals surface area contributed by atoms with E-state index in [1.807, 2.05) is 30.2 Å². The van der Waals surface area contributed by atoms with Gasteiger partial charge in [0.1, 0.15) is 11.9 Å². The van der Waals surface area contributed by atoms with Crippen LogP contribution in [0.1, 0.15) is 55.5 Å². The van der Waals surface area contributed by atoms with Crippen molar-refractivity contribution in [2.24, 2.45) is 0 Å². The zero-order valence-corrected chi connectivity index (χ0v) is 18.8. The van der Waals surface area contributed by atoms with E-state index < -0.39 is 0 Å². The lowest BCUT2D eigenvalue weighted by Gasteiger charge is -2.41. The molecule has 166 valence electrons. The smallest absolute Gasteiger partial charge is 0.225 e. The van der Waals surface area contributed by atoms with Crippen LogP contribution in [0.5, 0.6) is 0 Å². The van der Waals surface area contributed by atoms with Crippen LogP contribution in [-0.4, -0.2) is 59.2 Å². The zero-order chi connectivity index (χ0) is 22.2. The molecule has 0 aromatic carbocycles. The molecular formula is C25H29N5O2. The lowest BCUT2D eigenvalue weighted by molar-refractivity contribution is -0.141. The van der Waals surface area contributed by atoms with Gasteiger partial charge in [0.05, 0.1) is 23.8 Å². The average Bonchev–Trinajstić information content (AvgIpc) is 3.60. The predicted molar refractivity (Wildman–Crippen MR) is 121 cm³/mol. The SMILES string of the molecule is Cc1cc(-c2cc(C#N)c(N3CCN(C(=O)C[C@H]4CCO4)[C@H](C)C3)nc2C2CC2)ccn1. The fourth-order valence-corrected chi connectivity index (χ4v) is 4.73. The standard InChI is InChI=1S/C25H29N5O2/c1-16-11-19(5-7-27-16)22-12-20(14-26)25(28-24(22)18-3-4-18)29-8-9-30(17(2)15-29)23(31)13-21-6-10-32-21/h5,7,11-12,17-18,21H,3-4,6,8-10,13,15H2,1-2H3/t17-,21-/m1/s1. The van der Waals surface area contributed by atoms with Crippen LogP contribution in [0.3, 0.4) is 0 Å². The summed E-state index contributed by atoms with van der Waals surface area (Å²) in [6.45, 7) is 6.82. The van der Waals surface area contributed by atoms with Crippen molar-refractivity contribution in [3.8, 4) is 17.2 Å². The van der Waals surface area contributed by atoms with Crippen LogP contribution in [0.25, 0.3) is 11.1 Å². The Bertz CT molecular complexity index is 1070. The van der Waals surface area contributed by atoms with Gasteiger partial charge >= 0.3 is 0 Å². The van der Waals surface area contributed by atoms with E-state index in [2.05, 4.69) is 28.9 Å². The van der Waals surface area contributed by atoms with Crippen LogP contribution in [0.2, 0.25) is 0 Å². The third kappa shape index (κ3) is 4.07. The number of pyridine rings is 2. The maximum Gasteiger partial charge on any atom is 0.225 e. The first-order valence-electron chi connectivity index (χ1n) is 11.6. The molecule has 2 saturated heterocycles. The summed E-state index contributed by atoms with van der Waals surface area (Å²) in [7, 11) is 0. The van der Waals surface area contributed by atoms with Crippen LogP contribution >= 0.6 is 0 Å². The first-order chi connectivity index (χ1) is 15.5. The van der Waals surface area contributed by atoms with Gasteiger partial charge in [0, 0.05) is 55.7 Å². The summed E-state index contributed by atoms with van der Waals surface area (Å²) in [5, 5.41) is 9.95. The van der Waals surface area contributed by atoms with Crippen molar-refractivity contribution in [3.05, 3.63) is 41.3 Å². The molecule has 1 amide bonds. The van der Waals surface area contributed by atoms with Crippen LogP contribution in [0.4, 0.5) is 5.82 Å². The molecule has 4 heterocycles. The molecule has 7 nitrogen and oxygen atoms in total. The first kappa shape index (κ1) is 20.9. The van der Waals surface area contributed by atoms with Gasteiger partial charge < -0.3 is 14.5 Å². The minimum Gasteiger partial charge on any atom is -0.377 e. The van der Waals surface area contributed by atoms with E-state index in [0.29, 0.717) is 37.5 Å². The summed E-state index contributed by atoms with van der Waals surface area (Å²) in [6, 6.07) is 8.50. The van der Waals surface area contributed by atoms with Gasteiger partial charge in [-0.1, -0.05) is 0 Å². The quantitative estimate of drug-likeness (QED) is 0.722. The number of nitriles is 1. The molecule has 3 fully saturated rings. The number of anilines is 1. The molecule has 0 spiro atoms. The summed E-state index contributed by atoms with van der Waals surface area (Å²) >= 11 is 0. The van der Waals surface area contributed by atoms with E-state index in [-0.39, 0.29) is 18.1 Å². The highest BCUT2D eigenvalue weighted by molar-refractivity contribution is 5.78. The maximum atomic E-state index is 12.7. The van der Waals surface area contributed by atoms with Gasteiger partial charge in [-0.2, -0.15) is 5.26 Å². The summed E-state index contributed by atoms with van der Waals surface area (Å²) in [6.07, 6.45) is 5.62. The third-order valence-corrected chi connectivity index (χ3v) is 6.77. The molecule has 2 aromatic heterocycles. The van der Waals surface area contributed by atoms with Gasteiger partial charge in [0.25, 0.3) is 0 Å². The second kappa shape index (κ2) is 8.51. The Hall–Kier alpha value is -2.98. The van der Waals surface area contributed by atoms with E-state index >= 15 is 0 Å². The number of nitrogens with zero attached hydrogens (tertiary/aromatic N) is 5. The molecule has 0 bridgehead atoms. The number of piperazine rings is 1. The number of rotatable bonds is 5. The van der Waals surface area contributed by atoms with Crippen molar-refractivity contribution >= 4 is 11.7 Å². The van der Waals surface area contributed by atoms with E-state index in [9.17, 15) is 10.1 Å². The summed E-state index contributed by atoms with van der Waals surface area (Å²) < 4.78 is 5.44.